The number of alkyl halides is 1. The number of hydrogen-bond acceptors (Lipinski definition) is 0. The fourth-order valence-electron chi connectivity index (χ4n) is 6.38. The highest BCUT2D eigenvalue weighted by atomic mass is 79.9. The van der Waals surface area contributed by atoms with Crippen molar-refractivity contribution in [2.75, 3.05) is 0 Å². The summed E-state index contributed by atoms with van der Waals surface area (Å²) in [4.78, 5) is 0. The minimum absolute atomic E-state index is 0.536. The molecular weight excluding hydrogens is 296 g/mol. The largest absolute Gasteiger partial charge is 0.0853 e. The van der Waals surface area contributed by atoms with Gasteiger partial charge in [0.1, 0.15) is 0 Å². The van der Waals surface area contributed by atoms with Crippen molar-refractivity contribution in [2.45, 2.75) is 95.2 Å². The summed E-state index contributed by atoms with van der Waals surface area (Å²) in [7, 11) is 0. The van der Waals surface area contributed by atoms with Gasteiger partial charge in [0, 0.05) is 4.32 Å². The van der Waals surface area contributed by atoms with Crippen LogP contribution in [0.4, 0.5) is 0 Å². The quantitative estimate of drug-likeness (QED) is 0.490. The number of unbranched alkanes of at least 4 members (excludes halogenated alkanes) is 2. The Bertz CT molecular complexity index is 311. The predicted octanol–water partition coefficient (Wildman–Crippen LogP) is 6.47. The minimum Gasteiger partial charge on any atom is -0.0853 e. The van der Waals surface area contributed by atoms with Crippen LogP contribution in [0.5, 0.6) is 0 Å². The van der Waals surface area contributed by atoms with Crippen LogP contribution in [0.25, 0.3) is 0 Å². The van der Waals surface area contributed by atoms with Crippen LogP contribution in [0.2, 0.25) is 0 Å². The van der Waals surface area contributed by atoms with Crippen LogP contribution in [0, 0.1) is 16.7 Å². The molecule has 0 aromatic carbocycles. The van der Waals surface area contributed by atoms with Crippen LogP contribution in [0.3, 0.4) is 0 Å². The van der Waals surface area contributed by atoms with Crippen LogP contribution in [-0.2, 0) is 0 Å². The van der Waals surface area contributed by atoms with Gasteiger partial charge in [-0.1, -0.05) is 55.5 Å². The van der Waals surface area contributed by atoms with E-state index < -0.39 is 0 Å². The topological polar surface area (TPSA) is 0 Å². The van der Waals surface area contributed by atoms with Crippen LogP contribution in [-0.4, -0.2) is 4.32 Å². The smallest absolute Gasteiger partial charge is 0.0271 e. The summed E-state index contributed by atoms with van der Waals surface area (Å²) in [5.41, 5.74) is 1.46. The highest BCUT2D eigenvalue weighted by molar-refractivity contribution is 9.10. The van der Waals surface area contributed by atoms with Crippen molar-refractivity contribution in [3.63, 3.8) is 0 Å². The molecule has 4 aliphatic rings. The summed E-state index contributed by atoms with van der Waals surface area (Å²) in [6, 6.07) is 0. The molecule has 2 unspecified atom stereocenters. The molecule has 4 rings (SSSR count). The maximum Gasteiger partial charge on any atom is 0.0271 e. The van der Waals surface area contributed by atoms with Gasteiger partial charge in [0.15, 0.2) is 0 Å². The Balaban J connectivity index is 1.81. The number of halogens is 1. The summed E-state index contributed by atoms with van der Waals surface area (Å²) in [5, 5.41) is 0. The van der Waals surface area contributed by atoms with Crippen molar-refractivity contribution in [1.29, 1.82) is 0 Å². The van der Waals surface area contributed by atoms with Crippen LogP contribution >= 0.6 is 15.9 Å². The first kappa shape index (κ1) is 14.4. The molecule has 4 saturated carbocycles. The molecule has 0 amide bonds. The molecule has 0 N–H and O–H groups in total. The third-order valence-electron chi connectivity index (χ3n) is 6.35. The maximum atomic E-state index is 4.21. The molecule has 1 heteroatoms. The van der Waals surface area contributed by atoms with E-state index in [-0.39, 0.29) is 0 Å². The molecule has 0 aromatic heterocycles. The van der Waals surface area contributed by atoms with Crippen molar-refractivity contribution >= 4 is 15.9 Å². The fourth-order valence-corrected chi connectivity index (χ4v) is 8.03. The minimum atomic E-state index is 0.536. The van der Waals surface area contributed by atoms with Gasteiger partial charge in [0.2, 0.25) is 0 Å². The lowest BCUT2D eigenvalue weighted by Gasteiger charge is -2.66. The molecular formula is C18H31Br. The second kappa shape index (κ2) is 5.04. The molecule has 0 aromatic rings. The average molecular weight is 327 g/mol. The molecule has 0 nitrogen and oxygen atoms in total. The second-order valence-corrected chi connectivity index (χ2v) is 10.0. The Labute approximate surface area is 128 Å². The predicted molar refractivity (Wildman–Crippen MR) is 86.8 cm³/mol. The van der Waals surface area contributed by atoms with Crippen LogP contribution < -0.4 is 0 Å². The fraction of sp³-hybridized carbons (Fsp3) is 1.00. The van der Waals surface area contributed by atoms with Gasteiger partial charge in [-0.2, -0.15) is 0 Å². The molecule has 4 atom stereocenters. The van der Waals surface area contributed by atoms with E-state index in [4.69, 9.17) is 0 Å². The molecule has 0 radical (unpaired) electrons. The monoisotopic (exact) mass is 326 g/mol. The summed E-state index contributed by atoms with van der Waals surface area (Å²) in [5.74, 6) is 1.05. The molecule has 4 aliphatic carbocycles. The summed E-state index contributed by atoms with van der Waals surface area (Å²) < 4.78 is 0.536. The van der Waals surface area contributed by atoms with E-state index in [2.05, 4.69) is 29.8 Å². The van der Waals surface area contributed by atoms with Gasteiger partial charge < -0.3 is 0 Å². The Hall–Kier alpha value is 0.480. The highest BCUT2D eigenvalue weighted by Crippen LogP contribution is 2.71. The van der Waals surface area contributed by atoms with Crippen molar-refractivity contribution in [3.05, 3.63) is 0 Å². The van der Waals surface area contributed by atoms with Gasteiger partial charge in [-0.15, -0.1) is 0 Å². The lowest BCUT2D eigenvalue weighted by atomic mass is 9.42. The molecule has 0 aliphatic heterocycles. The lowest BCUT2D eigenvalue weighted by molar-refractivity contribution is -0.103. The Kier molecular flexibility index (Phi) is 3.82. The normalized spacial score (nSPS) is 47.8. The molecule has 4 bridgehead atoms. The SMILES string of the molecule is CCCC[C@]12CC3CC(Br)(C1)C[C@@](CCCC)(C3)C2. The van der Waals surface area contributed by atoms with E-state index in [1.165, 1.54) is 57.8 Å². The van der Waals surface area contributed by atoms with Gasteiger partial charge in [0.05, 0.1) is 0 Å². The first-order chi connectivity index (χ1) is 9.03. The lowest BCUT2D eigenvalue weighted by Crippen LogP contribution is -2.57. The number of rotatable bonds is 6. The molecule has 19 heavy (non-hydrogen) atoms. The van der Waals surface area contributed by atoms with Crippen LogP contribution in [0.15, 0.2) is 0 Å². The van der Waals surface area contributed by atoms with Gasteiger partial charge in [0.25, 0.3) is 0 Å². The van der Waals surface area contributed by atoms with Crippen molar-refractivity contribution in [1.82, 2.24) is 0 Å². The Morgan fingerprint density at radius 1 is 0.842 bits per heavy atom. The first-order valence-electron chi connectivity index (χ1n) is 8.72. The zero-order chi connectivity index (χ0) is 13.6. The first-order valence-corrected chi connectivity index (χ1v) is 9.51. The summed E-state index contributed by atoms with van der Waals surface area (Å²) >= 11 is 4.21. The van der Waals surface area contributed by atoms with Gasteiger partial charge in [-0.05, 0) is 68.1 Å². The number of hydrogen-bond donors (Lipinski definition) is 0. The summed E-state index contributed by atoms with van der Waals surface area (Å²) in [6.45, 7) is 4.72. The highest BCUT2D eigenvalue weighted by Gasteiger charge is 2.61. The van der Waals surface area contributed by atoms with Crippen LogP contribution in [0.1, 0.15) is 90.9 Å². The molecule has 0 heterocycles. The van der Waals surface area contributed by atoms with E-state index in [0.717, 1.165) is 16.7 Å². The van der Waals surface area contributed by atoms with E-state index in [1.807, 2.05) is 0 Å². The van der Waals surface area contributed by atoms with Gasteiger partial charge >= 0.3 is 0 Å². The molecule has 0 saturated heterocycles. The molecule has 4 fully saturated rings. The Morgan fingerprint density at radius 2 is 1.37 bits per heavy atom. The summed E-state index contributed by atoms with van der Waals surface area (Å²) in [6.07, 6.45) is 17.9. The standard InChI is InChI=1S/C18H31Br/c1-3-5-7-16-9-15-10-17(12-16,8-6-4-2)14-18(19,11-15)13-16/h15H,3-14H2,1-2H3/t15?,16-,17+,18?. The third-order valence-corrected chi connectivity index (χ3v) is 7.24. The van der Waals surface area contributed by atoms with Crippen molar-refractivity contribution < 1.29 is 0 Å². The van der Waals surface area contributed by atoms with E-state index in [9.17, 15) is 0 Å². The van der Waals surface area contributed by atoms with E-state index >= 15 is 0 Å². The van der Waals surface area contributed by atoms with Crippen molar-refractivity contribution in [2.24, 2.45) is 16.7 Å². The zero-order valence-corrected chi connectivity index (χ0v) is 14.5. The molecule has 110 valence electrons. The van der Waals surface area contributed by atoms with Crippen molar-refractivity contribution in [3.8, 4) is 0 Å². The van der Waals surface area contributed by atoms with Gasteiger partial charge in [-0.3, -0.25) is 0 Å². The second-order valence-electron chi connectivity index (χ2n) is 8.37. The van der Waals surface area contributed by atoms with E-state index in [0.29, 0.717) is 4.32 Å². The van der Waals surface area contributed by atoms with E-state index in [1.54, 1.807) is 19.3 Å². The van der Waals surface area contributed by atoms with Gasteiger partial charge in [-0.25, -0.2) is 0 Å². The molecule has 0 spiro atoms. The third kappa shape index (κ3) is 2.65. The Morgan fingerprint density at radius 3 is 1.79 bits per heavy atom. The zero-order valence-electron chi connectivity index (χ0n) is 12.9. The maximum absolute atomic E-state index is 4.21. The average Bonchev–Trinajstić information content (AvgIpc) is 2.31.